The summed E-state index contributed by atoms with van der Waals surface area (Å²) >= 11 is 0. The van der Waals surface area contributed by atoms with Crippen LogP contribution in [0.3, 0.4) is 0 Å². The van der Waals surface area contributed by atoms with Crippen LogP contribution in [0, 0.1) is 18.3 Å². The quantitative estimate of drug-likeness (QED) is 0.377. The van der Waals surface area contributed by atoms with Crippen LogP contribution in [0.25, 0.3) is 0 Å². The molecule has 0 aromatic rings. The Bertz CT molecular complexity index is 192. The van der Waals surface area contributed by atoms with Gasteiger partial charge in [-0.15, -0.1) is 12.3 Å². The first-order valence-corrected chi connectivity index (χ1v) is 5.07. The molecule has 0 amide bonds. The second-order valence-electron chi connectivity index (χ2n) is 2.36. The lowest BCUT2D eigenvalue weighted by molar-refractivity contribution is 0.335. The molecule has 1 heterocycles. The Morgan fingerprint density at radius 1 is 1.89 bits per heavy atom. The fourth-order valence-electron chi connectivity index (χ4n) is 0.854. The van der Waals surface area contributed by atoms with Gasteiger partial charge in [0.1, 0.15) is 0 Å². The van der Waals surface area contributed by atoms with E-state index in [1.807, 2.05) is 0 Å². The second-order valence-corrected chi connectivity index (χ2v) is 5.01. The molecule has 0 aromatic carbocycles. The van der Waals surface area contributed by atoms with Crippen molar-refractivity contribution >= 4 is 7.37 Å². The lowest BCUT2D eigenvalue weighted by Gasteiger charge is -1.98. The van der Waals surface area contributed by atoms with Gasteiger partial charge in [0, 0.05) is 12.8 Å². The third kappa shape index (κ3) is 1.58. The summed E-state index contributed by atoms with van der Waals surface area (Å²) in [5.74, 6) is 2.61. The third-order valence-electron chi connectivity index (χ3n) is 1.34. The average Bonchev–Trinajstić information content (AvgIpc) is 2.10. The number of terminal acetylenes is 1. The Morgan fingerprint density at radius 2 is 2.56 bits per heavy atom. The van der Waals surface area contributed by atoms with Gasteiger partial charge in [0.15, 0.2) is 0 Å². The first-order valence-electron chi connectivity index (χ1n) is 2.81. The van der Waals surface area contributed by atoms with E-state index in [4.69, 9.17) is 10.9 Å². The van der Waals surface area contributed by atoms with Crippen LogP contribution in [-0.2, 0) is 9.09 Å². The molecule has 0 saturated carbocycles. The summed E-state index contributed by atoms with van der Waals surface area (Å²) < 4.78 is 16.0. The largest absolute Gasteiger partial charge is 0.327 e. The van der Waals surface area contributed by atoms with Crippen molar-refractivity contribution in [2.75, 3.05) is 19.4 Å². The van der Waals surface area contributed by atoms with Crippen molar-refractivity contribution in [3.8, 4) is 12.3 Å². The summed E-state index contributed by atoms with van der Waals surface area (Å²) in [6, 6.07) is 0. The van der Waals surface area contributed by atoms with E-state index < -0.39 is 7.37 Å². The van der Waals surface area contributed by atoms with Crippen molar-refractivity contribution in [1.29, 1.82) is 0 Å². The van der Waals surface area contributed by atoms with E-state index in [9.17, 15) is 4.57 Å². The molecule has 1 aliphatic rings. The maximum Gasteiger partial charge on any atom is 0.201 e. The standard InChI is InChI=1S/C6H9O2P/c1-3-6-4-8-9(2,7)5-6/h1,6H,4-5H2,2H3. The Balaban J connectivity index is 2.60. The minimum absolute atomic E-state index is 0.0841. The SMILES string of the molecule is C#CC1COP(C)(=O)C1. The molecule has 2 atom stereocenters. The topological polar surface area (TPSA) is 26.3 Å². The molecule has 3 heteroatoms. The maximum atomic E-state index is 11.1. The van der Waals surface area contributed by atoms with Gasteiger partial charge in [0.25, 0.3) is 0 Å². The number of hydrogen-bond donors (Lipinski definition) is 0. The van der Waals surface area contributed by atoms with E-state index in [0.29, 0.717) is 12.8 Å². The second kappa shape index (κ2) is 2.17. The maximum absolute atomic E-state index is 11.1. The number of hydrogen-bond acceptors (Lipinski definition) is 2. The summed E-state index contributed by atoms with van der Waals surface area (Å²) in [7, 11) is -2.26. The Hall–Kier alpha value is -0.250. The van der Waals surface area contributed by atoms with Crippen molar-refractivity contribution in [3.63, 3.8) is 0 Å². The van der Waals surface area contributed by atoms with Crippen LogP contribution in [0.4, 0.5) is 0 Å². The molecule has 0 radical (unpaired) electrons. The molecule has 0 N–H and O–H groups in total. The van der Waals surface area contributed by atoms with E-state index in [0.717, 1.165) is 0 Å². The van der Waals surface area contributed by atoms with Gasteiger partial charge in [0.2, 0.25) is 7.37 Å². The molecule has 2 unspecified atom stereocenters. The predicted molar refractivity (Wildman–Crippen MR) is 36.7 cm³/mol. The van der Waals surface area contributed by atoms with Crippen LogP contribution in [0.15, 0.2) is 0 Å². The van der Waals surface area contributed by atoms with Crippen LogP contribution >= 0.6 is 7.37 Å². The van der Waals surface area contributed by atoms with Crippen molar-refractivity contribution in [2.45, 2.75) is 0 Å². The van der Waals surface area contributed by atoms with Gasteiger partial charge in [-0.3, -0.25) is 4.57 Å². The van der Waals surface area contributed by atoms with Crippen LogP contribution in [0.5, 0.6) is 0 Å². The average molecular weight is 144 g/mol. The molecular formula is C6H9O2P. The highest BCUT2D eigenvalue weighted by Crippen LogP contribution is 2.49. The lowest BCUT2D eigenvalue weighted by atomic mass is 10.2. The normalized spacial score (nSPS) is 42.4. The molecule has 1 rings (SSSR count). The van der Waals surface area contributed by atoms with E-state index in [2.05, 4.69) is 5.92 Å². The van der Waals surface area contributed by atoms with Crippen molar-refractivity contribution in [3.05, 3.63) is 0 Å². The predicted octanol–water partition coefficient (Wildman–Crippen LogP) is 1.17. The highest BCUT2D eigenvalue weighted by molar-refractivity contribution is 7.58. The first kappa shape index (κ1) is 6.86. The van der Waals surface area contributed by atoms with Crippen LogP contribution in [0.1, 0.15) is 0 Å². The molecule has 0 aliphatic carbocycles. The minimum Gasteiger partial charge on any atom is -0.327 e. The number of rotatable bonds is 0. The van der Waals surface area contributed by atoms with Gasteiger partial charge in [-0.2, -0.15) is 0 Å². The van der Waals surface area contributed by atoms with Gasteiger partial charge in [-0.1, -0.05) is 0 Å². The van der Waals surface area contributed by atoms with Crippen LogP contribution in [0.2, 0.25) is 0 Å². The fourth-order valence-corrected chi connectivity index (χ4v) is 2.47. The van der Waals surface area contributed by atoms with Gasteiger partial charge < -0.3 is 4.52 Å². The molecule has 0 bridgehead atoms. The molecule has 1 aliphatic heterocycles. The summed E-state index contributed by atoms with van der Waals surface area (Å²) in [4.78, 5) is 0. The molecule has 2 nitrogen and oxygen atoms in total. The highest BCUT2D eigenvalue weighted by atomic mass is 31.2. The molecule has 1 fully saturated rings. The summed E-state index contributed by atoms with van der Waals surface area (Å²) in [5.41, 5.74) is 0. The first-order chi connectivity index (χ1) is 4.14. The lowest BCUT2D eigenvalue weighted by Crippen LogP contribution is -1.96. The molecular weight excluding hydrogens is 135 g/mol. The van der Waals surface area contributed by atoms with Gasteiger partial charge in [-0.25, -0.2) is 0 Å². The monoisotopic (exact) mass is 144 g/mol. The van der Waals surface area contributed by atoms with Crippen molar-refractivity contribution < 1.29 is 9.09 Å². The van der Waals surface area contributed by atoms with Gasteiger partial charge in [-0.05, 0) is 0 Å². The van der Waals surface area contributed by atoms with E-state index in [1.54, 1.807) is 6.66 Å². The van der Waals surface area contributed by atoms with Gasteiger partial charge in [0.05, 0.1) is 12.5 Å². The van der Waals surface area contributed by atoms with Crippen LogP contribution in [-0.4, -0.2) is 19.4 Å². The zero-order chi connectivity index (χ0) is 6.91. The molecule has 50 valence electrons. The smallest absolute Gasteiger partial charge is 0.201 e. The molecule has 0 spiro atoms. The van der Waals surface area contributed by atoms with Gasteiger partial charge >= 0.3 is 0 Å². The zero-order valence-electron chi connectivity index (χ0n) is 5.33. The van der Waals surface area contributed by atoms with Crippen LogP contribution < -0.4 is 0 Å². The summed E-state index contributed by atoms with van der Waals surface area (Å²) in [6.07, 6.45) is 5.66. The molecule has 1 saturated heterocycles. The van der Waals surface area contributed by atoms with E-state index in [1.165, 1.54) is 0 Å². The Morgan fingerprint density at radius 3 is 2.78 bits per heavy atom. The highest BCUT2D eigenvalue weighted by Gasteiger charge is 2.29. The minimum atomic E-state index is -2.26. The Kier molecular flexibility index (Phi) is 1.66. The zero-order valence-corrected chi connectivity index (χ0v) is 6.23. The van der Waals surface area contributed by atoms with E-state index in [-0.39, 0.29) is 5.92 Å². The van der Waals surface area contributed by atoms with E-state index >= 15 is 0 Å². The third-order valence-corrected chi connectivity index (χ3v) is 3.14. The van der Waals surface area contributed by atoms with Crippen molar-refractivity contribution in [2.24, 2.45) is 5.92 Å². The molecule has 9 heavy (non-hydrogen) atoms. The van der Waals surface area contributed by atoms with Crippen molar-refractivity contribution in [1.82, 2.24) is 0 Å². The fraction of sp³-hybridized carbons (Fsp3) is 0.667. The summed E-state index contributed by atoms with van der Waals surface area (Å²) in [6.45, 7) is 2.11. The summed E-state index contributed by atoms with van der Waals surface area (Å²) in [5, 5.41) is 0. The molecule has 0 aromatic heterocycles. The Labute approximate surface area is 55.0 Å².